The van der Waals surface area contributed by atoms with E-state index in [1.165, 1.54) is 33.0 Å². The largest absolute Gasteiger partial charge is 0.454 e. The van der Waals surface area contributed by atoms with E-state index in [1.54, 1.807) is 0 Å². The number of hydrogen-bond donors (Lipinski definition) is 0. The zero-order valence-corrected chi connectivity index (χ0v) is 23.0. The quantitative estimate of drug-likeness (QED) is 0.224. The molecule has 8 rings (SSSR count). The second kappa shape index (κ2) is 8.48. The van der Waals surface area contributed by atoms with Crippen LogP contribution < -0.4 is 4.90 Å². The zero-order valence-electron chi connectivity index (χ0n) is 22.3. The lowest BCUT2D eigenvalue weighted by Crippen LogP contribution is -2.20. The number of anilines is 3. The minimum Gasteiger partial charge on any atom is -0.454 e. The number of nitrogens with zero attached hydrogens (tertiary/aromatic N) is 1. The molecule has 6 aromatic carbocycles. The maximum absolute atomic E-state index is 6.99. The van der Waals surface area contributed by atoms with Gasteiger partial charge < -0.3 is 9.32 Å². The Morgan fingerprint density at radius 2 is 1.38 bits per heavy atom. The molecule has 3 heteroatoms. The lowest BCUT2D eigenvalue weighted by molar-refractivity contribution is 0.659. The van der Waals surface area contributed by atoms with E-state index in [0.29, 0.717) is 5.02 Å². The van der Waals surface area contributed by atoms with E-state index >= 15 is 0 Å². The third-order valence-electron chi connectivity index (χ3n) is 8.46. The lowest BCUT2D eigenvalue weighted by Gasteiger charge is -2.32. The van der Waals surface area contributed by atoms with Crippen LogP contribution >= 0.6 is 11.6 Å². The summed E-state index contributed by atoms with van der Waals surface area (Å²) in [4.78, 5) is 2.32. The van der Waals surface area contributed by atoms with Crippen LogP contribution in [0.5, 0.6) is 0 Å². The fraction of sp³-hybridized carbons (Fsp3) is 0.0811. The van der Waals surface area contributed by atoms with Crippen LogP contribution in [0.2, 0.25) is 5.02 Å². The Bertz CT molecular complexity index is 2110. The topological polar surface area (TPSA) is 16.4 Å². The fourth-order valence-corrected chi connectivity index (χ4v) is 6.95. The molecule has 0 bridgehead atoms. The minimum absolute atomic E-state index is 0.247. The first kappa shape index (κ1) is 23.4. The Morgan fingerprint density at radius 3 is 2.23 bits per heavy atom. The number of para-hydroxylation sites is 3. The van der Waals surface area contributed by atoms with Crippen molar-refractivity contribution in [3.8, 4) is 11.1 Å². The van der Waals surface area contributed by atoms with Gasteiger partial charge in [0.2, 0.25) is 0 Å². The summed E-state index contributed by atoms with van der Waals surface area (Å²) in [5, 5.41) is 5.41. The fourth-order valence-electron chi connectivity index (χ4n) is 6.73. The van der Waals surface area contributed by atoms with Crippen LogP contribution in [0.15, 0.2) is 126 Å². The standard InChI is InChI=1S/C37H26ClNO/c1-37(2)30-20-19-23-11-6-7-14-26(23)34(30)29-21-24(38)22-32(35(29)37)39(25-12-4-3-5-13-25)31-17-10-16-28-27-15-8-9-18-33(27)40-36(28)31/h3-22H,1-2H3. The van der Waals surface area contributed by atoms with Crippen molar-refractivity contribution in [3.63, 3.8) is 0 Å². The predicted octanol–water partition coefficient (Wildman–Crippen LogP) is 11.2. The van der Waals surface area contributed by atoms with E-state index in [4.69, 9.17) is 16.0 Å². The van der Waals surface area contributed by atoms with Crippen LogP contribution in [-0.4, -0.2) is 0 Å². The summed E-state index contributed by atoms with van der Waals surface area (Å²) < 4.78 is 6.55. The maximum atomic E-state index is 6.99. The molecule has 1 heterocycles. The summed E-state index contributed by atoms with van der Waals surface area (Å²) in [6, 6.07) is 42.6. The first-order valence-electron chi connectivity index (χ1n) is 13.6. The molecule has 0 saturated carbocycles. The van der Waals surface area contributed by atoms with Crippen LogP contribution in [0.4, 0.5) is 17.1 Å². The smallest absolute Gasteiger partial charge is 0.159 e. The Labute approximate surface area is 238 Å². The van der Waals surface area contributed by atoms with Crippen molar-refractivity contribution in [3.05, 3.63) is 137 Å². The number of hydrogen-bond acceptors (Lipinski definition) is 2. The number of rotatable bonds is 3. The molecule has 0 saturated heterocycles. The van der Waals surface area contributed by atoms with Gasteiger partial charge in [-0.1, -0.05) is 110 Å². The molecule has 40 heavy (non-hydrogen) atoms. The Kier molecular flexibility index (Phi) is 4.96. The molecule has 1 aliphatic carbocycles. The van der Waals surface area contributed by atoms with E-state index in [1.807, 2.05) is 12.1 Å². The average molecular weight is 536 g/mol. The van der Waals surface area contributed by atoms with Gasteiger partial charge >= 0.3 is 0 Å². The highest BCUT2D eigenvalue weighted by atomic mass is 35.5. The second-order valence-corrected chi connectivity index (χ2v) is 11.5. The van der Waals surface area contributed by atoms with E-state index in [9.17, 15) is 0 Å². The molecule has 1 aromatic heterocycles. The Morgan fingerprint density at radius 1 is 0.650 bits per heavy atom. The summed E-state index contributed by atoms with van der Waals surface area (Å²) in [6.45, 7) is 4.66. The molecule has 0 fully saturated rings. The maximum Gasteiger partial charge on any atom is 0.159 e. The van der Waals surface area contributed by atoms with Crippen molar-refractivity contribution in [2.24, 2.45) is 0 Å². The summed E-state index contributed by atoms with van der Waals surface area (Å²) in [5.41, 5.74) is 9.65. The van der Waals surface area contributed by atoms with Crippen molar-refractivity contribution < 1.29 is 4.42 Å². The monoisotopic (exact) mass is 535 g/mol. The lowest BCUT2D eigenvalue weighted by atomic mass is 9.81. The molecule has 0 N–H and O–H groups in total. The molecular weight excluding hydrogens is 510 g/mol. The first-order valence-corrected chi connectivity index (χ1v) is 14.0. The van der Waals surface area contributed by atoms with Crippen LogP contribution in [0.25, 0.3) is 43.8 Å². The molecular formula is C37H26ClNO. The number of fused-ring (bicyclic) bond motifs is 8. The third-order valence-corrected chi connectivity index (χ3v) is 8.68. The van der Waals surface area contributed by atoms with E-state index in [0.717, 1.165) is 39.0 Å². The highest BCUT2D eigenvalue weighted by Crippen LogP contribution is 2.57. The third kappa shape index (κ3) is 3.23. The van der Waals surface area contributed by atoms with Crippen molar-refractivity contribution in [1.29, 1.82) is 0 Å². The molecule has 1 aliphatic rings. The first-order chi connectivity index (χ1) is 19.5. The van der Waals surface area contributed by atoms with Gasteiger partial charge in [-0.15, -0.1) is 0 Å². The highest BCUT2D eigenvalue weighted by Gasteiger charge is 2.40. The van der Waals surface area contributed by atoms with E-state index in [-0.39, 0.29) is 5.41 Å². The summed E-state index contributed by atoms with van der Waals surface area (Å²) in [5.74, 6) is 0. The summed E-state index contributed by atoms with van der Waals surface area (Å²) in [7, 11) is 0. The van der Waals surface area contributed by atoms with Crippen molar-refractivity contribution in [2.45, 2.75) is 19.3 Å². The van der Waals surface area contributed by atoms with Crippen LogP contribution in [0.1, 0.15) is 25.0 Å². The SMILES string of the molecule is CC1(C)c2ccc3ccccc3c2-c2cc(Cl)cc(N(c3ccccc3)c3cccc4c3oc3ccccc34)c21. The van der Waals surface area contributed by atoms with E-state index < -0.39 is 0 Å². The van der Waals surface area contributed by atoms with Gasteiger partial charge in [-0.2, -0.15) is 0 Å². The van der Waals surface area contributed by atoms with Gasteiger partial charge in [-0.25, -0.2) is 0 Å². The zero-order chi connectivity index (χ0) is 27.0. The molecule has 7 aromatic rings. The van der Waals surface area contributed by atoms with Gasteiger partial charge in [0, 0.05) is 26.9 Å². The van der Waals surface area contributed by atoms with Crippen LogP contribution in [0.3, 0.4) is 0 Å². The molecule has 0 aliphatic heterocycles. The Hall–Kier alpha value is -4.53. The van der Waals surface area contributed by atoms with Gasteiger partial charge in [-0.05, 0) is 69.4 Å². The normalized spacial score (nSPS) is 13.6. The minimum atomic E-state index is -0.247. The van der Waals surface area contributed by atoms with Crippen molar-refractivity contribution >= 4 is 61.4 Å². The summed E-state index contributed by atoms with van der Waals surface area (Å²) in [6.07, 6.45) is 0. The molecule has 0 radical (unpaired) electrons. The van der Waals surface area contributed by atoms with Crippen molar-refractivity contribution in [1.82, 2.24) is 0 Å². The van der Waals surface area contributed by atoms with Crippen LogP contribution in [0, 0.1) is 0 Å². The molecule has 2 nitrogen and oxygen atoms in total. The van der Waals surface area contributed by atoms with Crippen molar-refractivity contribution in [2.75, 3.05) is 4.90 Å². The molecule has 0 atom stereocenters. The molecule has 0 unspecified atom stereocenters. The van der Waals surface area contributed by atoms with E-state index in [2.05, 4.69) is 128 Å². The number of furan rings is 1. The highest BCUT2D eigenvalue weighted by molar-refractivity contribution is 6.31. The second-order valence-electron chi connectivity index (χ2n) is 11.1. The summed E-state index contributed by atoms with van der Waals surface area (Å²) >= 11 is 6.99. The Balaban J connectivity index is 1.48. The number of benzene rings is 6. The average Bonchev–Trinajstić information content (AvgIpc) is 3.47. The van der Waals surface area contributed by atoms with Crippen LogP contribution in [-0.2, 0) is 5.41 Å². The molecule has 0 spiro atoms. The molecule has 192 valence electrons. The van der Waals surface area contributed by atoms with Gasteiger partial charge in [0.15, 0.2) is 5.58 Å². The van der Waals surface area contributed by atoms with Gasteiger partial charge in [0.1, 0.15) is 5.58 Å². The van der Waals surface area contributed by atoms with Gasteiger partial charge in [0.05, 0.1) is 11.4 Å². The van der Waals surface area contributed by atoms with Gasteiger partial charge in [0.25, 0.3) is 0 Å². The number of halogens is 1. The molecule has 0 amide bonds. The van der Waals surface area contributed by atoms with Gasteiger partial charge in [-0.3, -0.25) is 0 Å². The predicted molar refractivity (Wildman–Crippen MR) is 168 cm³/mol.